The molecule has 0 bridgehead atoms. The van der Waals surface area contributed by atoms with E-state index in [1.54, 1.807) is 12.1 Å². The van der Waals surface area contributed by atoms with Crippen LogP contribution in [0.5, 0.6) is 0 Å². The Morgan fingerprint density at radius 2 is 2.17 bits per heavy atom. The largest absolute Gasteiger partial charge is 0.395 e. The fourth-order valence-electron chi connectivity index (χ4n) is 3.02. The number of nitrogens with two attached hydrogens (primary N) is 1. The van der Waals surface area contributed by atoms with Crippen molar-refractivity contribution in [1.82, 2.24) is 5.32 Å². The minimum Gasteiger partial charge on any atom is -0.395 e. The second-order valence-electron chi connectivity index (χ2n) is 6.11. The normalized spacial score (nSPS) is 22.0. The Bertz CT molecular complexity index is 509. The Hall–Kier alpha value is -1.66. The zero-order chi connectivity index (χ0) is 16.5. The summed E-state index contributed by atoms with van der Waals surface area (Å²) in [5.41, 5.74) is 6.42. The molecule has 1 aliphatic carbocycles. The van der Waals surface area contributed by atoms with E-state index in [2.05, 4.69) is 15.6 Å². The molecule has 2 unspecified atom stereocenters. The van der Waals surface area contributed by atoms with Crippen LogP contribution in [0.1, 0.15) is 25.7 Å². The average molecular weight is 322 g/mol. The van der Waals surface area contributed by atoms with Gasteiger partial charge in [-0.25, -0.2) is 4.39 Å². The van der Waals surface area contributed by atoms with Gasteiger partial charge in [0, 0.05) is 18.8 Å². The van der Waals surface area contributed by atoms with Gasteiger partial charge in [-0.3, -0.25) is 4.99 Å². The lowest BCUT2D eigenvalue weighted by Crippen LogP contribution is -2.34. The Labute approximate surface area is 137 Å². The van der Waals surface area contributed by atoms with Crippen molar-refractivity contribution in [2.24, 2.45) is 22.6 Å². The highest BCUT2D eigenvalue weighted by Gasteiger charge is 2.20. The minimum atomic E-state index is -0.297. The zero-order valence-electron chi connectivity index (χ0n) is 13.5. The van der Waals surface area contributed by atoms with Gasteiger partial charge in [0.2, 0.25) is 0 Å². The maximum Gasteiger partial charge on any atom is 0.195 e. The van der Waals surface area contributed by atoms with Crippen molar-refractivity contribution in [3.63, 3.8) is 0 Å². The lowest BCUT2D eigenvalue weighted by atomic mass is 9.81. The van der Waals surface area contributed by atoms with E-state index >= 15 is 0 Å². The monoisotopic (exact) mass is 322 g/mol. The SMILES string of the molecule is NCC1CCCC(CN=C(NCCO)Nc2cccc(F)c2)C1. The smallest absolute Gasteiger partial charge is 0.195 e. The number of anilines is 1. The topological polar surface area (TPSA) is 82.7 Å². The molecule has 0 radical (unpaired) electrons. The van der Waals surface area contributed by atoms with E-state index in [1.807, 2.05) is 0 Å². The molecule has 1 fully saturated rings. The van der Waals surface area contributed by atoms with E-state index in [0.29, 0.717) is 36.6 Å². The highest BCUT2D eigenvalue weighted by Crippen LogP contribution is 2.28. The summed E-state index contributed by atoms with van der Waals surface area (Å²) in [5, 5.41) is 15.1. The van der Waals surface area contributed by atoms with Gasteiger partial charge in [-0.05, 0) is 55.8 Å². The van der Waals surface area contributed by atoms with Gasteiger partial charge < -0.3 is 21.5 Å². The predicted molar refractivity (Wildman–Crippen MR) is 91.9 cm³/mol. The molecule has 0 heterocycles. The van der Waals surface area contributed by atoms with Gasteiger partial charge in [0.25, 0.3) is 0 Å². The van der Waals surface area contributed by atoms with Crippen LogP contribution in [-0.4, -0.2) is 37.3 Å². The van der Waals surface area contributed by atoms with E-state index in [4.69, 9.17) is 10.8 Å². The van der Waals surface area contributed by atoms with Gasteiger partial charge in [0.1, 0.15) is 5.82 Å². The minimum absolute atomic E-state index is 0.0164. The van der Waals surface area contributed by atoms with Crippen LogP contribution in [0.4, 0.5) is 10.1 Å². The van der Waals surface area contributed by atoms with Gasteiger partial charge in [0.15, 0.2) is 5.96 Å². The second-order valence-corrected chi connectivity index (χ2v) is 6.11. The van der Waals surface area contributed by atoms with Crippen LogP contribution in [-0.2, 0) is 0 Å². The van der Waals surface area contributed by atoms with E-state index in [-0.39, 0.29) is 12.4 Å². The molecule has 5 N–H and O–H groups in total. The summed E-state index contributed by atoms with van der Waals surface area (Å²) in [6, 6.07) is 6.25. The summed E-state index contributed by atoms with van der Waals surface area (Å²) in [4.78, 5) is 4.60. The molecule has 1 aliphatic rings. The molecule has 23 heavy (non-hydrogen) atoms. The molecule has 0 aromatic heterocycles. The van der Waals surface area contributed by atoms with Crippen LogP contribution in [0.3, 0.4) is 0 Å². The van der Waals surface area contributed by atoms with Gasteiger partial charge >= 0.3 is 0 Å². The molecule has 6 heteroatoms. The molecule has 0 aliphatic heterocycles. The van der Waals surface area contributed by atoms with Crippen LogP contribution in [0.25, 0.3) is 0 Å². The van der Waals surface area contributed by atoms with Crippen molar-refractivity contribution in [3.05, 3.63) is 30.1 Å². The molecule has 2 atom stereocenters. The summed E-state index contributed by atoms with van der Waals surface area (Å²) >= 11 is 0. The average Bonchev–Trinajstić information content (AvgIpc) is 2.57. The first-order valence-electron chi connectivity index (χ1n) is 8.33. The highest BCUT2D eigenvalue weighted by atomic mass is 19.1. The summed E-state index contributed by atoms with van der Waals surface area (Å²) in [6.45, 7) is 1.88. The van der Waals surface area contributed by atoms with E-state index in [9.17, 15) is 4.39 Å². The van der Waals surface area contributed by atoms with Crippen LogP contribution in [0, 0.1) is 17.7 Å². The summed E-state index contributed by atoms with van der Waals surface area (Å²) < 4.78 is 13.3. The van der Waals surface area contributed by atoms with Crippen molar-refractivity contribution < 1.29 is 9.50 Å². The molecule has 1 aromatic rings. The van der Waals surface area contributed by atoms with E-state index < -0.39 is 0 Å². The van der Waals surface area contributed by atoms with Crippen LogP contribution < -0.4 is 16.4 Å². The molecule has 5 nitrogen and oxygen atoms in total. The fraction of sp³-hybridized carbons (Fsp3) is 0.588. The van der Waals surface area contributed by atoms with Crippen LogP contribution in [0.15, 0.2) is 29.3 Å². The van der Waals surface area contributed by atoms with Crippen molar-refractivity contribution >= 4 is 11.6 Å². The first kappa shape index (κ1) is 17.7. The van der Waals surface area contributed by atoms with Crippen LogP contribution >= 0.6 is 0 Å². The molecule has 128 valence electrons. The lowest BCUT2D eigenvalue weighted by Gasteiger charge is -2.27. The molecule has 1 aromatic carbocycles. The number of guanidine groups is 1. The number of aliphatic hydroxyl groups excluding tert-OH is 1. The van der Waals surface area contributed by atoms with Gasteiger partial charge in [-0.1, -0.05) is 12.5 Å². The van der Waals surface area contributed by atoms with Gasteiger partial charge in [-0.15, -0.1) is 0 Å². The van der Waals surface area contributed by atoms with Crippen molar-refractivity contribution in [2.75, 3.05) is 31.6 Å². The maximum absolute atomic E-state index is 13.3. The third-order valence-electron chi connectivity index (χ3n) is 4.22. The Kier molecular flexibility index (Phi) is 7.29. The van der Waals surface area contributed by atoms with Crippen molar-refractivity contribution in [2.45, 2.75) is 25.7 Å². The first-order chi connectivity index (χ1) is 11.2. The number of aliphatic imine (C=N–C) groups is 1. The van der Waals surface area contributed by atoms with Gasteiger partial charge in [-0.2, -0.15) is 0 Å². The molecular weight excluding hydrogens is 295 g/mol. The third kappa shape index (κ3) is 6.15. The summed E-state index contributed by atoms with van der Waals surface area (Å²) in [5.74, 6) is 1.42. The Morgan fingerprint density at radius 3 is 2.91 bits per heavy atom. The number of nitrogens with zero attached hydrogens (tertiary/aromatic N) is 1. The van der Waals surface area contributed by atoms with Crippen molar-refractivity contribution in [1.29, 1.82) is 0 Å². The standard InChI is InChI=1S/C17H27FN4O/c18-15-5-2-6-16(10-15)22-17(20-7-8-23)21-12-14-4-1-3-13(9-14)11-19/h2,5-6,10,13-14,23H,1,3-4,7-9,11-12,19H2,(H2,20,21,22). The Balaban J connectivity index is 1.96. The Morgan fingerprint density at radius 1 is 1.35 bits per heavy atom. The summed E-state index contributed by atoms with van der Waals surface area (Å²) in [7, 11) is 0. The lowest BCUT2D eigenvalue weighted by molar-refractivity contribution is 0.277. The molecule has 1 saturated carbocycles. The molecule has 0 amide bonds. The number of nitrogens with one attached hydrogen (secondary N) is 2. The maximum atomic E-state index is 13.3. The second kappa shape index (κ2) is 9.47. The number of rotatable bonds is 6. The third-order valence-corrected chi connectivity index (χ3v) is 4.22. The predicted octanol–water partition coefficient (Wildman–Crippen LogP) is 1.94. The van der Waals surface area contributed by atoms with E-state index in [0.717, 1.165) is 13.0 Å². The van der Waals surface area contributed by atoms with E-state index in [1.165, 1.54) is 31.4 Å². The summed E-state index contributed by atoms with van der Waals surface area (Å²) in [6.07, 6.45) is 4.72. The molecule has 2 rings (SSSR count). The fourth-order valence-corrected chi connectivity index (χ4v) is 3.02. The molecule has 0 saturated heterocycles. The number of halogens is 1. The van der Waals surface area contributed by atoms with Gasteiger partial charge in [0.05, 0.1) is 6.61 Å². The quantitative estimate of drug-likeness (QED) is 0.476. The number of benzene rings is 1. The zero-order valence-corrected chi connectivity index (χ0v) is 13.5. The highest BCUT2D eigenvalue weighted by molar-refractivity contribution is 5.93. The van der Waals surface area contributed by atoms with Crippen LogP contribution in [0.2, 0.25) is 0 Å². The first-order valence-corrected chi connectivity index (χ1v) is 8.33. The number of hydrogen-bond acceptors (Lipinski definition) is 3. The van der Waals surface area contributed by atoms with Crippen molar-refractivity contribution in [3.8, 4) is 0 Å². The number of aliphatic hydroxyl groups is 1. The molecule has 0 spiro atoms. The number of hydrogen-bond donors (Lipinski definition) is 4. The molecular formula is C17H27FN4O.